The standard InChI is InChI=1S/C11H17ClN2S/c12-11-4-3-10(15-11)7-14-6-8-1-2-9(13)5-8/h3-4,8-9,14H,1-2,5-7,13H2. The minimum atomic E-state index is 0.438. The highest BCUT2D eigenvalue weighted by molar-refractivity contribution is 7.16. The summed E-state index contributed by atoms with van der Waals surface area (Å²) < 4.78 is 0.870. The van der Waals surface area contributed by atoms with Gasteiger partial charge in [0, 0.05) is 17.5 Å². The Hall–Kier alpha value is -0.0900. The van der Waals surface area contributed by atoms with E-state index >= 15 is 0 Å². The topological polar surface area (TPSA) is 38.0 Å². The Morgan fingerprint density at radius 3 is 2.93 bits per heavy atom. The van der Waals surface area contributed by atoms with Crippen LogP contribution in [0, 0.1) is 5.92 Å². The number of halogens is 1. The van der Waals surface area contributed by atoms with Crippen LogP contribution in [0.4, 0.5) is 0 Å². The van der Waals surface area contributed by atoms with Gasteiger partial charge in [0.15, 0.2) is 0 Å². The van der Waals surface area contributed by atoms with Crippen LogP contribution in [0.2, 0.25) is 4.34 Å². The van der Waals surface area contributed by atoms with Crippen LogP contribution in [-0.2, 0) is 6.54 Å². The van der Waals surface area contributed by atoms with E-state index in [-0.39, 0.29) is 0 Å². The van der Waals surface area contributed by atoms with Crippen molar-refractivity contribution in [3.63, 3.8) is 0 Å². The molecule has 2 rings (SSSR count). The summed E-state index contributed by atoms with van der Waals surface area (Å²) in [6.45, 7) is 2.02. The zero-order valence-corrected chi connectivity index (χ0v) is 10.3. The molecule has 0 aromatic carbocycles. The summed E-state index contributed by atoms with van der Waals surface area (Å²) in [5, 5.41) is 3.47. The fraction of sp³-hybridized carbons (Fsp3) is 0.636. The summed E-state index contributed by atoms with van der Waals surface area (Å²) in [7, 11) is 0. The lowest BCUT2D eigenvalue weighted by Crippen LogP contribution is -2.22. The highest BCUT2D eigenvalue weighted by Gasteiger charge is 2.20. The van der Waals surface area contributed by atoms with Gasteiger partial charge in [-0.25, -0.2) is 0 Å². The summed E-state index contributed by atoms with van der Waals surface area (Å²) in [6, 6.07) is 4.47. The largest absolute Gasteiger partial charge is 0.328 e. The molecular formula is C11H17ClN2S. The number of rotatable bonds is 4. The zero-order chi connectivity index (χ0) is 10.7. The zero-order valence-electron chi connectivity index (χ0n) is 8.71. The minimum absolute atomic E-state index is 0.438. The minimum Gasteiger partial charge on any atom is -0.328 e. The quantitative estimate of drug-likeness (QED) is 0.855. The predicted octanol–water partition coefficient (Wildman–Crippen LogP) is 2.62. The van der Waals surface area contributed by atoms with E-state index in [2.05, 4.69) is 11.4 Å². The van der Waals surface area contributed by atoms with E-state index in [0.29, 0.717) is 6.04 Å². The van der Waals surface area contributed by atoms with Crippen LogP contribution in [0.1, 0.15) is 24.1 Å². The van der Waals surface area contributed by atoms with Gasteiger partial charge in [-0.15, -0.1) is 11.3 Å². The van der Waals surface area contributed by atoms with Crippen molar-refractivity contribution >= 4 is 22.9 Å². The summed E-state index contributed by atoms with van der Waals surface area (Å²) >= 11 is 7.51. The van der Waals surface area contributed by atoms with Crippen LogP contribution in [-0.4, -0.2) is 12.6 Å². The van der Waals surface area contributed by atoms with E-state index in [9.17, 15) is 0 Å². The summed E-state index contributed by atoms with van der Waals surface area (Å²) in [5.41, 5.74) is 5.87. The molecule has 0 spiro atoms. The molecule has 3 N–H and O–H groups in total. The molecule has 84 valence electrons. The third-order valence-corrected chi connectivity index (χ3v) is 4.17. The van der Waals surface area contributed by atoms with Gasteiger partial charge in [0.2, 0.25) is 0 Å². The van der Waals surface area contributed by atoms with Gasteiger partial charge in [0.1, 0.15) is 0 Å². The molecule has 1 fully saturated rings. The lowest BCUT2D eigenvalue weighted by Gasteiger charge is -2.09. The fourth-order valence-electron chi connectivity index (χ4n) is 2.15. The van der Waals surface area contributed by atoms with Crippen LogP contribution >= 0.6 is 22.9 Å². The first kappa shape index (κ1) is 11.4. The van der Waals surface area contributed by atoms with Crippen molar-refractivity contribution in [2.75, 3.05) is 6.54 Å². The van der Waals surface area contributed by atoms with Gasteiger partial charge < -0.3 is 11.1 Å². The monoisotopic (exact) mass is 244 g/mol. The molecule has 15 heavy (non-hydrogen) atoms. The maximum Gasteiger partial charge on any atom is 0.0931 e. The second-order valence-corrected chi connectivity index (χ2v) is 6.08. The Balaban J connectivity index is 1.67. The number of nitrogens with one attached hydrogen (secondary N) is 1. The first-order valence-corrected chi connectivity index (χ1v) is 6.64. The first-order valence-electron chi connectivity index (χ1n) is 5.44. The number of hydrogen-bond acceptors (Lipinski definition) is 3. The van der Waals surface area contributed by atoms with Crippen LogP contribution in [0.3, 0.4) is 0 Å². The number of thiophene rings is 1. The maximum absolute atomic E-state index is 5.87. The highest BCUT2D eigenvalue weighted by atomic mass is 35.5. The predicted molar refractivity (Wildman–Crippen MR) is 66.4 cm³/mol. The van der Waals surface area contributed by atoms with Gasteiger partial charge in [-0.05, 0) is 43.9 Å². The van der Waals surface area contributed by atoms with E-state index in [4.69, 9.17) is 17.3 Å². The normalized spacial score (nSPS) is 26.0. The molecule has 2 unspecified atom stereocenters. The van der Waals surface area contributed by atoms with Crippen molar-refractivity contribution in [1.29, 1.82) is 0 Å². The van der Waals surface area contributed by atoms with E-state index in [1.165, 1.54) is 24.1 Å². The van der Waals surface area contributed by atoms with Crippen molar-refractivity contribution in [3.05, 3.63) is 21.3 Å². The molecule has 1 saturated carbocycles. The molecule has 2 atom stereocenters. The van der Waals surface area contributed by atoms with Gasteiger partial charge in [-0.2, -0.15) is 0 Å². The van der Waals surface area contributed by atoms with Crippen molar-refractivity contribution in [2.24, 2.45) is 11.7 Å². The Morgan fingerprint density at radius 1 is 1.47 bits per heavy atom. The molecule has 1 heterocycles. The van der Waals surface area contributed by atoms with Crippen LogP contribution in [0.15, 0.2) is 12.1 Å². The van der Waals surface area contributed by atoms with Crippen LogP contribution < -0.4 is 11.1 Å². The van der Waals surface area contributed by atoms with Crippen molar-refractivity contribution in [3.8, 4) is 0 Å². The Bertz CT molecular complexity index is 313. The maximum atomic E-state index is 5.87. The molecule has 1 aromatic rings. The van der Waals surface area contributed by atoms with Gasteiger partial charge >= 0.3 is 0 Å². The molecule has 4 heteroatoms. The molecule has 1 aliphatic rings. The molecular weight excluding hydrogens is 228 g/mol. The smallest absolute Gasteiger partial charge is 0.0931 e. The molecule has 0 aliphatic heterocycles. The highest BCUT2D eigenvalue weighted by Crippen LogP contribution is 2.24. The molecule has 0 saturated heterocycles. The molecule has 1 aliphatic carbocycles. The van der Waals surface area contributed by atoms with E-state index in [1.807, 2.05) is 6.07 Å². The van der Waals surface area contributed by atoms with Crippen LogP contribution in [0.5, 0.6) is 0 Å². The summed E-state index contributed by atoms with van der Waals surface area (Å²) in [6.07, 6.45) is 3.65. The van der Waals surface area contributed by atoms with E-state index < -0.39 is 0 Å². The number of hydrogen-bond donors (Lipinski definition) is 2. The summed E-state index contributed by atoms with van der Waals surface area (Å²) in [4.78, 5) is 1.31. The van der Waals surface area contributed by atoms with Gasteiger partial charge in [-0.3, -0.25) is 0 Å². The average Bonchev–Trinajstić information content (AvgIpc) is 2.76. The third kappa shape index (κ3) is 3.45. The van der Waals surface area contributed by atoms with Gasteiger partial charge in [0.25, 0.3) is 0 Å². The Morgan fingerprint density at radius 2 is 2.33 bits per heavy atom. The van der Waals surface area contributed by atoms with Gasteiger partial charge in [0.05, 0.1) is 4.34 Å². The third-order valence-electron chi connectivity index (χ3n) is 2.94. The first-order chi connectivity index (χ1) is 7.24. The Kier molecular flexibility index (Phi) is 4.03. The SMILES string of the molecule is NC1CCC(CNCc2ccc(Cl)s2)C1. The van der Waals surface area contributed by atoms with Crippen molar-refractivity contribution in [1.82, 2.24) is 5.32 Å². The summed E-state index contributed by atoms with van der Waals surface area (Å²) in [5.74, 6) is 0.774. The van der Waals surface area contributed by atoms with Crippen molar-refractivity contribution < 1.29 is 0 Å². The second kappa shape index (κ2) is 5.30. The molecule has 0 amide bonds. The molecule has 0 bridgehead atoms. The van der Waals surface area contributed by atoms with E-state index in [0.717, 1.165) is 23.3 Å². The molecule has 2 nitrogen and oxygen atoms in total. The van der Waals surface area contributed by atoms with Gasteiger partial charge in [-0.1, -0.05) is 11.6 Å². The lowest BCUT2D eigenvalue weighted by molar-refractivity contribution is 0.484. The molecule has 0 radical (unpaired) electrons. The fourth-order valence-corrected chi connectivity index (χ4v) is 3.20. The number of nitrogens with two attached hydrogens (primary N) is 1. The average molecular weight is 245 g/mol. The lowest BCUT2D eigenvalue weighted by atomic mass is 10.1. The molecule has 1 aromatic heterocycles. The van der Waals surface area contributed by atoms with Crippen molar-refractivity contribution in [2.45, 2.75) is 31.8 Å². The Labute approximate surface area is 99.8 Å². The van der Waals surface area contributed by atoms with Crippen LogP contribution in [0.25, 0.3) is 0 Å². The van der Waals surface area contributed by atoms with E-state index in [1.54, 1.807) is 11.3 Å². The second-order valence-electron chi connectivity index (χ2n) is 4.28.